The van der Waals surface area contributed by atoms with E-state index in [4.69, 9.17) is 14.2 Å². The Kier molecular flexibility index (Phi) is 8.27. The van der Waals surface area contributed by atoms with Gasteiger partial charge in [-0.3, -0.25) is 14.9 Å². The molecular formula is C25H25N5O5S. The molecule has 2 heterocycles. The highest BCUT2D eigenvalue weighted by atomic mass is 32.1. The third-order valence-electron chi connectivity index (χ3n) is 4.96. The zero-order valence-corrected chi connectivity index (χ0v) is 20.5. The molecule has 0 aliphatic rings. The fourth-order valence-corrected chi connectivity index (χ4v) is 3.76. The molecule has 0 saturated carbocycles. The molecular weight excluding hydrogens is 482 g/mol. The van der Waals surface area contributed by atoms with Crippen LogP contribution in [-0.2, 0) is 11.3 Å². The van der Waals surface area contributed by atoms with Crippen LogP contribution >= 0.6 is 11.3 Å². The minimum atomic E-state index is -0.490. The number of H-pyrrole nitrogens is 1. The smallest absolute Gasteiger partial charge is 0.257 e. The van der Waals surface area contributed by atoms with E-state index in [1.165, 1.54) is 11.3 Å². The summed E-state index contributed by atoms with van der Waals surface area (Å²) in [5, 5.41) is 7.80. The maximum atomic E-state index is 12.9. The third-order valence-corrected chi connectivity index (χ3v) is 5.65. The van der Waals surface area contributed by atoms with Gasteiger partial charge in [0, 0.05) is 54.7 Å². The standard InChI is InChI=1S/C25H25N5O5S/c1-3-22(33-2)35-20-13-17(24(32)30-25-28-9-10-36-25)12-19(14-20)34-18-6-4-5-16(11-18)23(31)29-15-21-26-7-8-27-21/h4-14,22H,3,15H2,1-2H3,(H,26,27)(H,29,31)(H,28,30,32). The summed E-state index contributed by atoms with van der Waals surface area (Å²) in [6, 6.07) is 11.6. The topological polar surface area (TPSA) is 127 Å². The highest BCUT2D eigenvalue weighted by molar-refractivity contribution is 7.13. The number of rotatable bonds is 11. The van der Waals surface area contributed by atoms with Crippen molar-refractivity contribution in [3.05, 3.63) is 83.4 Å². The molecule has 3 N–H and O–H groups in total. The number of nitrogens with one attached hydrogen (secondary N) is 3. The Balaban J connectivity index is 1.54. The number of benzene rings is 2. The van der Waals surface area contributed by atoms with E-state index in [1.807, 2.05) is 6.92 Å². The minimum absolute atomic E-state index is 0.270. The molecule has 36 heavy (non-hydrogen) atoms. The Morgan fingerprint density at radius 2 is 1.86 bits per heavy atom. The van der Waals surface area contributed by atoms with Crippen molar-refractivity contribution in [1.29, 1.82) is 0 Å². The summed E-state index contributed by atoms with van der Waals surface area (Å²) in [4.78, 5) is 36.6. The maximum absolute atomic E-state index is 12.9. The second kappa shape index (κ2) is 12.0. The summed E-state index contributed by atoms with van der Waals surface area (Å²) in [5.41, 5.74) is 0.731. The number of imidazole rings is 1. The maximum Gasteiger partial charge on any atom is 0.257 e. The molecule has 0 radical (unpaired) electrons. The van der Waals surface area contributed by atoms with Crippen LogP contribution in [0.1, 0.15) is 39.9 Å². The molecule has 0 aliphatic heterocycles. The van der Waals surface area contributed by atoms with Gasteiger partial charge in [-0.15, -0.1) is 11.3 Å². The highest BCUT2D eigenvalue weighted by Crippen LogP contribution is 2.29. The fourth-order valence-electron chi connectivity index (χ4n) is 3.23. The van der Waals surface area contributed by atoms with Crippen LogP contribution in [0.2, 0.25) is 0 Å². The second-order valence-corrected chi connectivity index (χ2v) is 8.42. The Morgan fingerprint density at radius 3 is 2.58 bits per heavy atom. The van der Waals surface area contributed by atoms with Crippen molar-refractivity contribution in [3.63, 3.8) is 0 Å². The van der Waals surface area contributed by atoms with Crippen LogP contribution in [-0.4, -0.2) is 40.2 Å². The molecule has 186 valence electrons. The zero-order chi connectivity index (χ0) is 25.3. The average molecular weight is 508 g/mol. The van der Waals surface area contributed by atoms with Crippen LogP contribution in [0.25, 0.3) is 0 Å². The molecule has 2 amide bonds. The summed E-state index contributed by atoms with van der Waals surface area (Å²) in [7, 11) is 1.55. The molecule has 2 aromatic carbocycles. The van der Waals surface area contributed by atoms with Gasteiger partial charge in [0.05, 0.1) is 6.54 Å². The number of nitrogens with zero attached hydrogens (tertiary/aromatic N) is 2. The van der Waals surface area contributed by atoms with Crippen molar-refractivity contribution < 1.29 is 23.8 Å². The molecule has 0 bridgehead atoms. The van der Waals surface area contributed by atoms with Crippen molar-refractivity contribution >= 4 is 28.3 Å². The van der Waals surface area contributed by atoms with Crippen LogP contribution in [0.15, 0.2) is 66.4 Å². The van der Waals surface area contributed by atoms with Gasteiger partial charge in [0.15, 0.2) is 11.4 Å². The summed E-state index contributed by atoms with van der Waals surface area (Å²) in [6.45, 7) is 2.19. The van der Waals surface area contributed by atoms with Gasteiger partial charge in [-0.25, -0.2) is 9.97 Å². The normalized spacial score (nSPS) is 11.5. The van der Waals surface area contributed by atoms with E-state index in [1.54, 1.807) is 73.5 Å². The number of carbonyl (C=O) groups is 2. The van der Waals surface area contributed by atoms with Crippen LogP contribution in [0.5, 0.6) is 17.2 Å². The molecule has 0 saturated heterocycles. The number of hydrogen-bond acceptors (Lipinski definition) is 8. The lowest BCUT2D eigenvalue weighted by Crippen LogP contribution is -2.23. The van der Waals surface area contributed by atoms with Gasteiger partial charge < -0.3 is 24.5 Å². The van der Waals surface area contributed by atoms with E-state index in [0.717, 1.165) is 0 Å². The lowest BCUT2D eigenvalue weighted by molar-refractivity contribution is -0.0549. The Hall–Kier alpha value is -4.22. The van der Waals surface area contributed by atoms with Crippen molar-refractivity contribution in [2.75, 3.05) is 12.4 Å². The fraction of sp³-hybridized carbons (Fsp3) is 0.200. The average Bonchev–Trinajstić information content (AvgIpc) is 3.60. The SMILES string of the molecule is CCC(OC)Oc1cc(Oc2cccc(C(=O)NCc3ncc[nH]3)c2)cc(C(=O)Nc2nccs2)c1. The van der Waals surface area contributed by atoms with Gasteiger partial charge in [0.1, 0.15) is 23.1 Å². The number of aromatic nitrogens is 3. The minimum Gasteiger partial charge on any atom is -0.465 e. The van der Waals surface area contributed by atoms with Gasteiger partial charge in [-0.05, 0) is 30.3 Å². The van der Waals surface area contributed by atoms with Gasteiger partial charge in [-0.2, -0.15) is 0 Å². The first-order valence-corrected chi connectivity index (χ1v) is 12.0. The van der Waals surface area contributed by atoms with E-state index < -0.39 is 6.29 Å². The lowest BCUT2D eigenvalue weighted by atomic mass is 10.1. The van der Waals surface area contributed by atoms with E-state index in [-0.39, 0.29) is 18.4 Å². The van der Waals surface area contributed by atoms with Gasteiger partial charge >= 0.3 is 0 Å². The Labute approximate surface area is 211 Å². The van der Waals surface area contributed by atoms with Crippen molar-refractivity contribution in [2.24, 2.45) is 0 Å². The third kappa shape index (κ3) is 6.68. The monoisotopic (exact) mass is 507 g/mol. The first-order valence-electron chi connectivity index (χ1n) is 11.1. The molecule has 2 aromatic heterocycles. The van der Waals surface area contributed by atoms with Crippen LogP contribution in [0, 0.1) is 0 Å². The van der Waals surface area contributed by atoms with E-state index in [0.29, 0.717) is 45.8 Å². The number of anilines is 1. The van der Waals surface area contributed by atoms with Crippen molar-refractivity contribution in [2.45, 2.75) is 26.2 Å². The number of hydrogen-bond donors (Lipinski definition) is 3. The summed E-state index contributed by atoms with van der Waals surface area (Å²) in [6.07, 6.45) is 5.04. The van der Waals surface area contributed by atoms with Crippen molar-refractivity contribution in [3.8, 4) is 17.2 Å². The summed E-state index contributed by atoms with van der Waals surface area (Å²) < 4.78 is 17.2. The van der Waals surface area contributed by atoms with E-state index in [2.05, 4.69) is 25.6 Å². The molecule has 0 aliphatic carbocycles. The summed E-state index contributed by atoms with van der Waals surface area (Å²) >= 11 is 1.31. The van der Waals surface area contributed by atoms with Gasteiger partial charge in [-0.1, -0.05) is 13.0 Å². The molecule has 0 fully saturated rings. The zero-order valence-electron chi connectivity index (χ0n) is 19.7. The number of carbonyl (C=O) groups excluding carboxylic acids is 2. The van der Waals surface area contributed by atoms with Crippen LogP contribution in [0.4, 0.5) is 5.13 Å². The predicted molar refractivity (Wildman–Crippen MR) is 134 cm³/mol. The Bertz CT molecular complexity index is 1290. The lowest BCUT2D eigenvalue weighted by Gasteiger charge is -2.17. The first-order chi connectivity index (χ1) is 17.5. The predicted octanol–water partition coefficient (Wildman–Crippen LogP) is 4.60. The number of methoxy groups -OCH3 is 1. The molecule has 1 unspecified atom stereocenters. The number of aromatic amines is 1. The largest absolute Gasteiger partial charge is 0.465 e. The Morgan fingerprint density at radius 1 is 1.03 bits per heavy atom. The number of ether oxygens (including phenoxy) is 3. The molecule has 4 aromatic rings. The molecule has 0 spiro atoms. The molecule has 4 rings (SSSR count). The number of amides is 2. The first kappa shape index (κ1) is 24.9. The van der Waals surface area contributed by atoms with E-state index >= 15 is 0 Å². The molecule has 1 atom stereocenters. The van der Waals surface area contributed by atoms with E-state index in [9.17, 15) is 9.59 Å². The van der Waals surface area contributed by atoms with Crippen LogP contribution < -0.4 is 20.1 Å². The van der Waals surface area contributed by atoms with Crippen molar-refractivity contribution in [1.82, 2.24) is 20.3 Å². The highest BCUT2D eigenvalue weighted by Gasteiger charge is 2.15. The van der Waals surface area contributed by atoms with Gasteiger partial charge in [0.2, 0.25) is 0 Å². The summed E-state index contributed by atoms with van der Waals surface area (Å²) in [5.74, 6) is 1.19. The van der Waals surface area contributed by atoms with Gasteiger partial charge in [0.25, 0.3) is 11.8 Å². The quantitative estimate of drug-likeness (QED) is 0.253. The number of thiazole rings is 1. The second-order valence-electron chi connectivity index (χ2n) is 7.52. The van der Waals surface area contributed by atoms with Crippen LogP contribution in [0.3, 0.4) is 0 Å². The molecule has 10 nitrogen and oxygen atoms in total. The molecule has 11 heteroatoms.